The number of nitrogens with zero attached hydrogens (tertiary/aromatic N) is 3. The second-order valence-electron chi connectivity index (χ2n) is 7.36. The zero-order chi connectivity index (χ0) is 17.1. The van der Waals surface area contributed by atoms with Crippen molar-refractivity contribution >= 4 is 5.91 Å². The van der Waals surface area contributed by atoms with Gasteiger partial charge >= 0.3 is 0 Å². The fourth-order valence-corrected chi connectivity index (χ4v) is 4.23. The van der Waals surface area contributed by atoms with Crippen LogP contribution in [0, 0.1) is 5.92 Å². The van der Waals surface area contributed by atoms with Crippen LogP contribution in [0.25, 0.3) is 0 Å². The number of carbonyl (C=O) groups excluding carboxylic acids is 1. The van der Waals surface area contributed by atoms with Crippen LogP contribution in [-0.2, 0) is 17.8 Å². The number of aromatic nitrogens is 1. The number of carbonyl (C=O) groups is 1. The van der Waals surface area contributed by atoms with E-state index in [1.807, 2.05) is 42.7 Å². The summed E-state index contributed by atoms with van der Waals surface area (Å²) in [4.78, 5) is 21.7. The first-order valence-electron chi connectivity index (χ1n) is 9.22. The summed E-state index contributed by atoms with van der Waals surface area (Å²) in [7, 11) is 0. The van der Waals surface area contributed by atoms with Crippen LogP contribution in [0.5, 0.6) is 0 Å². The Morgan fingerprint density at radius 1 is 0.960 bits per heavy atom. The van der Waals surface area contributed by atoms with Crippen molar-refractivity contribution in [1.29, 1.82) is 0 Å². The molecule has 3 aliphatic rings. The van der Waals surface area contributed by atoms with Gasteiger partial charge in [0, 0.05) is 44.6 Å². The van der Waals surface area contributed by atoms with Gasteiger partial charge in [-0.15, -0.1) is 0 Å². The largest absolute Gasteiger partial charge is 0.338 e. The van der Waals surface area contributed by atoms with Crippen molar-refractivity contribution in [3.8, 4) is 0 Å². The summed E-state index contributed by atoms with van der Waals surface area (Å²) >= 11 is 0. The highest BCUT2D eigenvalue weighted by Gasteiger charge is 2.36. The molecule has 0 spiro atoms. The van der Waals surface area contributed by atoms with Gasteiger partial charge in [-0.1, -0.05) is 30.3 Å². The molecule has 0 unspecified atom stereocenters. The van der Waals surface area contributed by atoms with Crippen LogP contribution in [0.2, 0.25) is 0 Å². The molecule has 5 rings (SSSR count). The zero-order valence-corrected chi connectivity index (χ0v) is 14.6. The van der Waals surface area contributed by atoms with Gasteiger partial charge in [0.25, 0.3) is 0 Å². The average Bonchev–Trinajstić information content (AvgIpc) is 2.94. The van der Waals surface area contributed by atoms with E-state index in [2.05, 4.69) is 26.9 Å². The molecule has 25 heavy (non-hydrogen) atoms. The Bertz CT molecular complexity index is 704. The summed E-state index contributed by atoms with van der Waals surface area (Å²) in [6.07, 6.45) is 6.62. The molecule has 4 nitrogen and oxygen atoms in total. The quantitative estimate of drug-likeness (QED) is 0.862. The van der Waals surface area contributed by atoms with E-state index in [9.17, 15) is 4.79 Å². The lowest BCUT2D eigenvalue weighted by atomic mass is 9.94. The highest BCUT2D eigenvalue weighted by Crippen LogP contribution is 2.29. The standard InChI is InChI=1S/C21H25N3O/c25-21(12-17-4-2-1-3-5-17)24-15-19-6-7-20(24)16-23(14-19)13-18-8-10-22-11-9-18/h1-5,8-11,19-20H,6-7,12-16H2/t19-,20+/m1/s1. The fraction of sp³-hybridized carbons (Fsp3) is 0.429. The van der Waals surface area contributed by atoms with Gasteiger partial charge in [0.15, 0.2) is 0 Å². The van der Waals surface area contributed by atoms with E-state index >= 15 is 0 Å². The van der Waals surface area contributed by atoms with Crippen molar-refractivity contribution in [1.82, 2.24) is 14.8 Å². The second kappa shape index (κ2) is 7.36. The molecule has 3 saturated heterocycles. The molecular weight excluding hydrogens is 310 g/mol. The van der Waals surface area contributed by atoms with Crippen LogP contribution in [0.15, 0.2) is 54.9 Å². The van der Waals surface area contributed by atoms with E-state index in [4.69, 9.17) is 0 Å². The first kappa shape index (κ1) is 16.3. The Balaban J connectivity index is 1.43. The zero-order valence-electron chi connectivity index (χ0n) is 14.6. The van der Waals surface area contributed by atoms with Gasteiger partial charge in [-0.3, -0.25) is 14.7 Å². The molecule has 2 bridgehead atoms. The van der Waals surface area contributed by atoms with E-state index < -0.39 is 0 Å². The Morgan fingerprint density at radius 3 is 2.56 bits per heavy atom. The van der Waals surface area contributed by atoms with Gasteiger partial charge in [-0.05, 0) is 42.0 Å². The van der Waals surface area contributed by atoms with Crippen LogP contribution in [-0.4, -0.2) is 46.4 Å². The molecule has 3 fully saturated rings. The predicted octanol–water partition coefficient (Wildman–Crippen LogP) is 2.75. The summed E-state index contributed by atoms with van der Waals surface area (Å²) in [5, 5.41) is 0. The third kappa shape index (κ3) is 3.90. The van der Waals surface area contributed by atoms with Crippen molar-refractivity contribution in [2.45, 2.75) is 31.8 Å². The maximum absolute atomic E-state index is 12.9. The number of hydrogen-bond acceptors (Lipinski definition) is 3. The number of fused-ring (bicyclic) bond motifs is 4. The van der Waals surface area contributed by atoms with Crippen molar-refractivity contribution < 1.29 is 4.79 Å². The molecule has 2 atom stereocenters. The summed E-state index contributed by atoms with van der Waals surface area (Å²) in [5.74, 6) is 0.881. The molecule has 0 saturated carbocycles. The highest BCUT2D eigenvalue weighted by atomic mass is 16.2. The summed E-state index contributed by atoms with van der Waals surface area (Å²) in [6.45, 7) is 3.95. The molecule has 3 aliphatic heterocycles. The van der Waals surface area contributed by atoms with E-state index in [1.165, 1.54) is 12.0 Å². The summed E-state index contributed by atoms with van der Waals surface area (Å²) in [5.41, 5.74) is 2.42. The number of rotatable bonds is 4. The minimum atomic E-state index is 0.284. The minimum Gasteiger partial charge on any atom is -0.338 e. The minimum absolute atomic E-state index is 0.284. The molecule has 0 radical (unpaired) electrons. The Hall–Kier alpha value is -2.20. The Labute approximate surface area is 149 Å². The number of piperidine rings is 1. The number of benzene rings is 1. The van der Waals surface area contributed by atoms with Gasteiger partial charge in [0.1, 0.15) is 0 Å². The van der Waals surface area contributed by atoms with E-state index in [0.29, 0.717) is 18.4 Å². The van der Waals surface area contributed by atoms with Crippen LogP contribution in [0.3, 0.4) is 0 Å². The molecule has 0 N–H and O–H groups in total. The molecule has 4 heterocycles. The number of pyridine rings is 1. The first-order chi connectivity index (χ1) is 12.3. The summed E-state index contributed by atoms with van der Waals surface area (Å²) in [6, 6.07) is 14.6. The summed E-state index contributed by atoms with van der Waals surface area (Å²) < 4.78 is 0. The SMILES string of the molecule is O=C(Cc1ccccc1)N1C[C@@H]2CC[C@H]1CN(Cc1ccncc1)C2. The van der Waals surface area contributed by atoms with Crippen LogP contribution in [0.1, 0.15) is 24.0 Å². The molecule has 2 aromatic rings. The van der Waals surface area contributed by atoms with E-state index in [0.717, 1.165) is 38.2 Å². The lowest BCUT2D eigenvalue weighted by Crippen LogP contribution is -2.47. The van der Waals surface area contributed by atoms with Crippen molar-refractivity contribution in [2.75, 3.05) is 19.6 Å². The molecule has 1 aromatic carbocycles. The van der Waals surface area contributed by atoms with E-state index in [-0.39, 0.29) is 5.91 Å². The van der Waals surface area contributed by atoms with Crippen LogP contribution >= 0.6 is 0 Å². The Morgan fingerprint density at radius 2 is 1.76 bits per heavy atom. The molecule has 1 amide bonds. The van der Waals surface area contributed by atoms with Gasteiger partial charge in [0.2, 0.25) is 5.91 Å². The topological polar surface area (TPSA) is 36.4 Å². The van der Waals surface area contributed by atoms with Gasteiger partial charge in [-0.25, -0.2) is 0 Å². The monoisotopic (exact) mass is 335 g/mol. The fourth-order valence-electron chi connectivity index (χ4n) is 4.23. The Kier molecular flexibility index (Phi) is 4.79. The second-order valence-corrected chi connectivity index (χ2v) is 7.36. The smallest absolute Gasteiger partial charge is 0.227 e. The number of hydrogen-bond donors (Lipinski definition) is 0. The molecule has 1 aromatic heterocycles. The maximum atomic E-state index is 12.9. The number of amides is 1. The van der Waals surface area contributed by atoms with Crippen molar-refractivity contribution in [3.05, 3.63) is 66.0 Å². The maximum Gasteiger partial charge on any atom is 0.227 e. The normalized spacial score (nSPS) is 23.4. The molecule has 130 valence electrons. The van der Waals surface area contributed by atoms with Crippen LogP contribution < -0.4 is 0 Å². The van der Waals surface area contributed by atoms with E-state index in [1.54, 1.807) is 0 Å². The third-order valence-corrected chi connectivity index (χ3v) is 5.46. The third-order valence-electron chi connectivity index (χ3n) is 5.46. The average molecular weight is 335 g/mol. The lowest BCUT2D eigenvalue weighted by Gasteiger charge is -2.36. The molecule has 4 heteroatoms. The van der Waals surface area contributed by atoms with Crippen molar-refractivity contribution in [3.63, 3.8) is 0 Å². The first-order valence-corrected chi connectivity index (χ1v) is 9.22. The molecular formula is C21H25N3O. The highest BCUT2D eigenvalue weighted by molar-refractivity contribution is 5.79. The van der Waals surface area contributed by atoms with Gasteiger partial charge in [-0.2, -0.15) is 0 Å². The lowest BCUT2D eigenvalue weighted by molar-refractivity contribution is -0.134. The van der Waals surface area contributed by atoms with Crippen molar-refractivity contribution in [2.24, 2.45) is 5.92 Å². The van der Waals surface area contributed by atoms with Gasteiger partial charge < -0.3 is 4.90 Å². The predicted molar refractivity (Wildman–Crippen MR) is 97.9 cm³/mol. The molecule has 0 aliphatic carbocycles. The van der Waals surface area contributed by atoms with Gasteiger partial charge in [0.05, 0.1) is 6.42 Å². The van der Waals surface area contributed by atoms with Crippen LogP contribution in [0.4, 0.5) is 0 Å².